The molecule has 5 nitrogen and oxygen atoms in total. The number of hydrogen-bond donors (Lipinski definition) is 2. The Bertz CT molecular complexity index is 1430. The molecule has 0 amide bonds. The van der Waals surface area contributed by atoms with Crippen LogP contribution in [0.5, 0.6) is 0 Å². The Morgan fingerprint density at radius 3 is 2.23 bits per heavy atom. The van der Waals surface area contributed by atoms with Gasteiger partial charge in [0.15, 0.2) is 5.65 Å². The Morgan fingerprint density at radius 2 is 1.45 bits per heavy atom. The van der Waals surface area contributed by atoms with Gasteiger partial charge in [-0.25, -0.2) is 4.98 Å². The zero-order chi connectivity index (χ0) is 21.2. The number of fused-ring (bicyclic) bond motifs is 1. The predicted molar refractivity (Wildman–Crippen MR) is 126 cm³/mol. The van der Waals surface area contributed by atoms with Crippen molar-refractivity contribution in [2.45, 2.75) is 0 Å². The largest absolute Gasteiger partial charge is 0.324 e. The Labute approximate surface area is 183 Å². The minimum absolute atomic E-state index is 0.269. The van der Waals surface area contributed by atoms with Gasteiger partial charge in [-0.15, -0.1) is 0 Å². The van der Waals surface area contributed by atoms with Crippen LogP contribution in [-0.2, 0) is 0 Å². The van der Waals surface area contributed by atoms with Gasteiger partial charge in [-0.2, -0.15) is 4.98 Å². The van der Waals surface area contributed by atoms with Crippen LogP contribution in [0.3, 0.4) is 0 Å². The molecule has 2 aromatic heterocycles. The number of H-pyrrole nitrogens is 1. The van der Waals surface area contributed by atoms with Crippen LogP contribution in [0.2, 0.25) is 5.02 Å². The highest BCUT2D eigenvalue weighted by Gasteiger charge is 2.12. The molecule has 150 valence electrons. The number of aromatic nitrogens is 3. The summed E-state index contributed by atoms with van der Waals surface area (Å²) >= 11 is 6.20. The van der Waals surface area contributed by atoms with E-state index in [1.165, 1.54) is 0 Å². The van der Waals surface area contributed by atoms with Gasteiger partial charge >= 0.3 is 0 Å². The molecule has 0 aliphatic rings. The third kappa shape index (κ3) is 3.79. The summed E-state index contributed by atoms with van der Waals surface area (Å²) in [5.74, 6) is 0.287. The van der Waals surface area contributed by atoms with Crippen molar-refractivity contribution in [3.05, 3.63) is 107 Å². The number of benzene rings is 3. The molecule has 0 aliphatic carbocycles. The molecule has 2 heterocycles. The molecule has 0 atom stereocenters. The maximum absolute atomic E-state index is 12.9. The van der Waals surface area contributed by atoms with Crippen LogP contribution in [0.4, 0.5) is 11.6 Å². The first-order valence-electron chi connectivity index (χ1n) is 9.75. The number of hydrogen-bond acceptors (Lipinski definition) is 4. The number of pyridine rings is 1. The van der Waals surface area contributed by atoms with Gasteiger partial charge in [0.05, 0.1) is 16.1 Å². The van der Waals surface area contributed by atoms with Crippen molar-refractivity contribution in [2.24, 2.45) is 0 Å². The normalized spacial score (nSPS) is 10.9. The number of nitrogens with one attached hydrogen (secondary N) is 2. The zero-order valence-electron chi connectivity index (χ0n) is 16.3. The Morgan fingerprint density at radius 1 is 0.774 bits per heavy atom. The average Bonchev–Trinajstić information content (AvgIpc) is 2.81. The SMILES string of the molecule is O=c1[nH]c(Nc2ccccc2Cl)nc2nccc(-c3ccc(-c4ccccc4)cc3)c12. The molecule has 0 unspecified atom stereocenters. The average molecular weight is 425 g/mol. The number of aromatic amines is 1. The van der Waals surface area contributed by atoms with E-state index in [0.717, 1.165) is 22.3 Å². The van der Waals surface area contributed by atoms with E-state index < -0.39 is 0 Å². The summed E-state index contributed by atoms with van der Waals surface area (Å²) in [4.78, 5) is 24.5. The van der Waals surface area contributed by atoms with Crippen molar-refractivity contribution in [3.8, 4) is 22.3 Å². The molecule has 5 rings (SSSR count). The van der Waals surface area contributed by atoms with Gasteiger partial charge in [0.1, 0.15) is 0 Å². The van der Waals surface area contributed by atoms with E-state index in [4.69, 9.17) is 11.6 Å². The van der Waals surface area contributed by atoms with Gasteiger partial charge < -0.3 is 5.32 Å². The molecule has 0 bridgehead atoms. The third-order valence-electron chi connectivity index (χ3n) is 5.04. The fourth-order valence-corrected chi connectivity index (χ4v) is 3.71. The maximum atomic E-state index is 12.9. The van der Waals surface area contributed by atoms with Crippen molar-refractivity contribution in [1.29, 1.82) is 0 Å². The highest BCUT2D eigenvalue weighted by Crippen LogP contribution is 2.28. The Balaban J connectivity index is 1.54. The fourth-order valence-electron chi connectivity index (χ4n) is 3.53. The van der Waals surface area contributed by atoms with Crippen LogP contribution in [0.25, 0.3) is 33.3 Å². The third-order valence-corrected chi connectivity index (χ3v) is 5.37. The molecular weight excluding hydrogens is 408 g/mol. The topological polar surface area (TPSA) is 70.7 Å². The molecule has 0 saturated carbocycles. The van der Waals surface area contributed by atoms with Gasteiger partial charge in [-0.05, 0) is 40.5 Å². The number of halogens is 1. The second kappa shape index (κ2) is 8.05. The van der Waals surface area contributed by atoms with Crippen LogP contribution in [-0.4, -0.2) is 15.0 Å². The van der Waals surface area contributed by atoms with Gasteiger partial charge in [-0.3, -0.25) is 9.78 Å². The van der Waals surface area contributed by atoms with Gasteiger partial charge in [-0.1, -0.05) is 78.3 Å². The Kier molecular flexibility index (Phi) is 4.94. The van der Waals surface area contributed by atoms with E-state index in [9.17, 15) is 4.79 Å². The summed E-state index contributed by atoms with van der Waals surface area (Å²) in [6.45, 7) is 0. The lowest BCUT2D eigenvalue weighted by atomic mass is 9.99. The molecule has 0 saturated heterocycles. The first kappa shape index (κ1) is 19.0. The summed E-state index contributed by atoms with van der Waals surface area (Å²) in [6.07, 6.45) is 1.66. The first-order chi connectivity index (χ1) is 15.2. The van der Waals surface area contributed by atoms with Crippen molar-refractivity contribution in [1.82, 2.24) is 15.0 Å². The molecule has 0 fully saturated rings. The summed E-state index contributed by atoms with van der Waals surface area (Å²) < 4.78 is 0. The molecule has 5 aromatic rings. The number of para-hydroxylation sites is 1. The van der Waals surface area contributed by atoms with Gasteiger partial charge in [0, 0.05) is 6.20 Å². The predicted octanol–water partition coefficient (Wildman–Crippen LogP) is 6.05. The number of rotatable bonds is 4. The second-order valence-electron chi connectivity index (χ2n) is 7.02. The Hall–Kier alpha value is -3.96. The highest BCUT2D eigenvalue weighted by atomic mass is 35.5. The standard InChI is InChI=1S/C25H17ClN4O/c26-20-8-4-5-9-21(20)28-25-29-23-22(24(31)30-25)19(14-15-27-23)18-12-10-17(11-13-18)16-6-2-1-3-7-16/h1-15H,(H2,27,28,29,30,31). The summed E-state index contributed by atoms with van der Waals surface area (Å²) in [6, 6.07) is 27.4. The minimum Gasteiger partial charge on any atom is -0.324 e. The van der Waals surface area contributed by atoms with E-state index in [1.54, 1.807) is 12.3 Å². The molecule has 31 heavy (non-hydrogen) atoms. The fraction of sp³-hybridized carbons (Fsp3) is 0. The monoisotopic (exact) mass is 424 g/mol. The van der Waals surface area contributed by atoms with Crippen molar-refractivity contribution in [3.63, 3.8) is 0 Å². The summed E-state index contributed by atoms with van der Waals surface area (Å²) in [7, 11) is 0. The van der Waals surface area contributed by atoms with E-state index in [2.05, 4.69) is 32.4 Å². The molecule has 2 N–H and O–H groups in total. The lowest BCUT2D eigenvalue weighted by Gasteiger charge is -2.10. The maximum Gasteiger partial charge on any atom is 0.262 e. The van der Waals surface area contributed by atoms with Gasteiger partial charge in [0.25, 0.3) is 5.56 Å². The molecular formula is C25H17ClN4O. The van der Waals surface area contributed by atoms with Crippen molar-refractivity contribution >= 4 is 34.3 Å². The molecule has 0 spiro atoms. The lowest BCUT2D eigenvalue weighted by Crippen LogP contribution is -2.13. The van der Waals surface area contributed by atoms with E-state index >= 15 is 0 Å². The number of nitrogens with zero attached hydrogens (tertiary/aromatic N) is 2. The summed E-state index contributed by atoms with van der Waals surface area (Å²) in [5, 5.41) is 4.03. The van der Waals surface area contributed by atoms with Crippen molar-refractivity contribution < 1.29 is 0 Å². The van der Waals surface area contributed by atoms with E-state index in [0.29, 0.717) is 21.7 Å². The van der Waals surface area contributed by atoms with Gasteiger partial charge in [0.2, 0.25) is 5.95 Å². The number of anilines is 2. The van der Waals surface area contributed by atoms with E-state index in [-0.39, 0.29) is 11.5 Å². The van der Waals surface area contributed by atoms with Crippen LogP contribution >= 0.6 is 11.6 Å². The van der Waals surface area contributed by atoms with Crippen molar-refractivity contribution in [2.75, 3.05) is 5.32 Å². The zero-order valence-corrected chi connectivity index (χ0v) is 17.1. The molecule has 0 radical (unpaired) electrons. The highest BCUT2D eigenvalue weighted by molar-refractivity contribution is 6.33. The quantitative estimate of drug-likeness (QED) is 0.368. The molecule has 0 aliphatic heterocycles. The molecule has 6 heteroatoms. The lowest BCUT2D eigenvalue weighted by molar-refractivity contribution is 1.14. The van der Waals surface area contributed by atoms with Crippen LogP contribution in [0.15, 0.2) is 95.9 Å². The smallest absolute Gasteiger partial charge is 0.262 e. The first-order valence-corrected chi connectivity index (χ1v) is 10.1. The minimum atomic E-state index is -0.269. The van der Waals surface area contributed by atoms with Crippen LogP contribution in [0.1, 0.15) is 0 Å². The van der Waals surface area contributed by atoms with Crippen LogP contribution < -0.4 is 10.9 Å². The summed E-state index contributed by atoms with van der Waals surface area (Å²) in [5.41, 5.74) is 4.70. The molecule has 3 aromatic carbocycles. The second-order valence-corrected chi connectivity index (χ2v) is 7.43. The van der Waals surface area contributed by atoms with E-state index in [1.807, 2.05) is 66.7 Å². The van der Waals surface area contributed by atoms with Crippen LogP contribution in [0, 0.1) is 0 Å².